The van der Waals surface area contributed by atoms with Crippen LogP contribution >= 0.6 is 0 Å². The van der Waals surface area contributed by atoms with Gasteiger partial charge in [-0.1, -0.05) is 12.1 Å². The van der Waals surface area contributed by atoms with Crippen LogP contribution in [-0.2, 0) is 28.7 Å². The normalized spacial score (nSPS) is 24.0. The summed E-state index contributed by atoms with van der Waals surface area (Å²) in [6.07, 6.45) is 0.357. The van der Waals surface area contributed by atoms with E-state index in [1.807, 2.05) is 0 Å². The van der Waals surface area contributed by atoms with Gasteiger partial charge in [-0.15, -0.1) is 0 Å². The molecule has 0 bridgehead atoms. The molecule has 0 unspecified atom stereocenters. The van der Waals surface area contributed by atoms with Crippen LogP contribution in [0.25, 0.3) is 11.3 Å². The van der Waals surface area contributed by atoms with E-state index in [4.69, 9.17) is 0 Å². The van der Waals surface area contributed by atoms with Gasteiger partial charge in [0.1, 0.15) is 12.4 Å². The largest absolute Gasteiger partial charge is 0.335 e. The Morgan fingerprint density at radius 3 is 2.83 bits per heavy atom. The van der Waals surface area contributed by atoms with Crippen LogP contribution in [-0.4, -0.2) is 49.9 Å². The summed E-state index contributed by atoms with van der Waals surface area (Å²) in [6, 6.07) is 4.54. The molecule has 30 heavy (non-hydrogen) atoms. The Morgan fingerprint density at radius 2 is 2.10 bits per heavy atom. The number of nitrogens with zero attached hydrogens (tertiary/aromatic N) is 3. The molecule has 0 saturated carbocycles. The number of benzene rings is 1. The zero-order valence-corrected chi connectivity index (χ0v) is 17.0. The van der Waals surface area contributed by atoms with Crippen molar-refractivity contribution in [1.82, 2.24) is 15.3 Å². The second-order valence-corrected chi connectivity index (χ2v) is 10.1. The zero-order valence-electron chi connectivity index (χ0n) is 16.2. The van der Waals surface area contributed by atoms with Crippen molar-refractivity contribution in [3.63, 3.8) is 0 Å². The van der Waals surface area contributed by atoms with Crippen molar-refractivity contribution in [3.8, 4) is 11.3 Å². The van der Waals surface area contributed by atoms with E-state index in [1.165, 1.54) is 6.07 Å². The molecule has 0 amide bonds. The molecule has 1 N–H and O–H groups in total. The van der Waals surface area contributed by atoms with Crippen LogP contribution < -0.4 is 10.2 Å². The minimum Gasteiger partial charge on any atom is -0.335 e. The Morgan fingerprint density at radius 1 is 1.27 bits per heavy atom. The standard InChI is InChI=1S/C20H21F3N4O2S/c21-10-14-4-7-27(14)19-25-17(15-3-5-20(22,23)18(15)26-19)12-1-2-13-11-24-6-8-30(28,29)16(13)9-12/h1-2,9,14,24H,3-8,10-11H2/t14-/m1/s1. The van der Waals surface area contributed by atoms with Gasteiger partial charge in [0.05, 0.1) is 22.4 Å². The van der Waals surface area contributed by atoms with Crippen LogP contribution in [0.5, 0.6) is 0 Å². The first-order valence-electron chi connectivity index (χ1n) is 9.99. The van der Waals surface area contributed by atoms with Crippen molar-refractivity contribution in [1.29, 1.82) is 0 Å². The Labute approximate surface area is 172 Å². The number of aromatic nitrogens is 2. The molecule has 0 radical (unpaired) electrons. The highest BCUT2D eigenvalue weighted by Crippen LogP contribution is 2.45. The summed E-state index contributed by atoms with van der Waals surface area (Å²) in [6.45, 7) is 0.677. The fourth-order valence-electron chi connectivity index (χ4n) is 4.32. The lowest BCUT2D eigenvalue weighted by atomic mass is 10.0. The Hall–Kier alpha value is -2.20. The molecule has 1 atom stereocenters. The van der Waals surface area contributed by atoms with Gasteiger partial charge in [-0.05, 0) is 24.5 Å². The van der Waals surface area contributed by atoms with Crippen molar-refractivity contribution in [2.75, 3.05) is 30.4 Å². The smallest absolute Gasteiger partial charge is 0.290 e. The molecule has 3 heterocycles. The average Bonchev–Trinajstić information content (AvgIpc) is 2.90. The number of fused-ring (bicyclic) bond motifs is 2. The minimum atomic E-state index is -3.49. The van der Waals surface area contributed by atoms with E-state index in [9.17, 15) is 21.6 Å². The molecular weight excluding hydrogens is 417 g/mol. The lowest BCUT2D eigenvalue weighted by molar-refractivity contribution is -0.00595. The second kappa shape index (κ2) is 6.91. The Balaban J connectivity index is 1.68. The van der Waals surface area contributed by atoms with Gasteiger partial charge in [0.25, 0.3) is 5.92 Å². The third kappa shape index (κ3) is 3.08. The maximum atomic E-state index is 14.5. The third-order valence-electron chi connectivity index (χ3n) is 6.15. The average molecular weight is 438 g/mol. The highest BCUT2D eigenvalue weighted by molar-refractivity contribution is 7.91. The summed E-state index contributed by atoms with van der Waals surface area (Å²) in [5.41, 5.74) is 1.44. The van der Waals surface area contributed by atoms with Crippen molar-refractivity contribution < 1.29 is 21.6 Å². The van der Waals surface area contributed by atoms with E-state index in [1.54, 1.807) is 17.0 Å². The van der Waals surface area contributed by atoms with Crippen LogP contribution in [0.1, 0.15) is 29.7 Å². The summed E-state index contributed by atoms with van der Waals surface area (Å²) >= 11 is 0. The van der Waals surface area contributed by atoms with Gasteiger partial charge in [0.2, 0.25) is 5.95 Å². The summed E-state index contributed by atoms with van der Waals surface area (Å²) in [5.74, 6) is -3.03. The summed E-state index contributed by atoms with van der Waals surface area (Å²) in [5, 5.41) is 3.08. The second-order valence-electron chi connectivity index (χ2n) is 8.01. The molecule has 1 aromatic heterocycles. The molecule has 160 valence electrons. The predicted octanol–water partition coefficient (Wildman–Crippen LogP) is 2.61. The molecule has 10 heteroatoms. The number of halogens is 3. The van der Waals surface area contributed by atoms with Gasteiger partial charge in [0, 0.05) is 37.2 Å². The van der Waals surface area contributed by atoms with Crippen LogP contribution in [0.2, 0.25) is 0 Å². The minimum absolute atomic E-state index is 0.0272. The molecule has 1 saturated heterocycles. The number of hydrogen-bond donors (Lipinski definition) is 1. The van der Waals surface area contributed by atoms with Crippen LogP contribution in [0, 0.1) is 0 Å². The summed E-state index contributed by atoms with van der Waals surface area (Å²) < 4.78 is 67.7. The topological polar surface area (TPSA) is 75.2 Å². The summed E-state index contributed by atoms with van der Waals surface area (Å²) in [7, 11) is -3.49. The van der Waals surface area contributed by atoms with Crippen LogP contribution in [0.4, 0.5) is 19.1 Å². The Kier molecular flexibility index (Phi) is 4.55. The molecule has 2 aromatic rings. The number of rotatable bonds is 3. The van der Waals surface area contributed by atoms with E-state index in [0.717, 1.165) is 0 Å². The number of nitrogens with one attached hydrogen (secondary N) is 1. The molecular formula is C20H21F3N4O2S. The van der Waals surface area contributed by atoms with Crippen molar-refractivity contribution in [3.05, 3.63) is 35.0 Å². The number of hydrogen-bond acceptors (Lipinski definition) is 6. The fraction of sp³-hybridized carbons (Fsp3) is 0.500. The maximum absolute atomic E-state index is 14.5. The quantitative estimate of drug-likeness (QED) is 0.794. The first-order chi connectivity index (χ1) is 14.3. The van der Waals surface area contributed by atoms with E-state index in [0.29, 0.717) is 48.4 Å². The molecule has 3 aliphatic rings. The lowest BCUT2D eigenvalue weighted by Crippen LogP contribution is -2.50. The molecule has 2 aliphatic heterocycles. The molecule has 5 rings (SSSR count). The molecule has 0 spiro atoms. The van der Waals surface area contributed by atoms with Gasteiger partial charge in [-0.25, -0.2) is 22.8 Å². The SMILES string of the molecule is O=S1(=O)CCNCc2ccc(-c3nc(N4CC[C@@H]4CF)nc4c3CCC4(F)F)cc21. The maximum Gasteiger partial charge on any atom is 0.290 e. The fourth-order valence-corrected chi connectivity index (χ4v) is 5.80. The van der Waals surface area contributed by atoms with Gasteiger partial charge in [-0.2, -0.15) is 8.78 Å². The molecule has 1 fully saturated rings. The van der Waals surface area contributed by atoms with Gasteiger partial charge in [0.15, 0.2) is 9.84 Å². The van der Waals surface area contributed by atoms with Crippen LogP contribution in [0.3, 0.4) is 0 Å². The number of anilines is 1. The highest BCUT2D eigenvalue weighted by Gasteiger charge is 2.44. The van der Waals surface area contributed by atoms with Gasteiger partial charge < -0.3 is 10.2 Å². The first kappa shape index (κ1) is 19.7. The zero-order chi connectivity index (χ0) is 21.1. The van der Waals surface area contributed by atoms with Crippen molar-refractivity contribution in [2.45, 2.75) is 42.7 Å². The van der Waals surface area contributed by atoms with Gasteiger partial charge >= 0.3 is 0 Å². The molecule has 6 nitrogen and oxygen atoms in total. The van der Waals surface area contributed by atoms with E-state index >= 15 is 0 Å². The van der Waals surface area contributed by atoms with E-state index < -0.39 is 28.5 Å². The summed E-state index contributed by atoms with van der Waals surface area (Å²) in [4.78, 5) is 10.4. The Bertz CT molecular complexity index is 1120. The monoisotopic (exact) mass is 438 g/mol. The molecule has 1 aromatic carbocycles. The highest BCUT2D eigenvalue weighted by atomic mass is 32.2. The van der Waals surface area contributed by atoms with Gasteiger partial charge in [-0.3, -0.25) is 0 Å². The van der Waals surface area contributed by atoms with E-state index in [-0.39, 0.29) is 35.1 Å². The predicted molar refractivity (Wildman–Crippen MR) is 105 cm³/mol. The first-order valence-corrected chi connectivity index (χ1v) is 11.6. The van der Waals surface area contributed by atoms with Crippen molar-refractivity contribution in [2.24, 2.45) is 0 Å². The number of alkyl halides is 3. The van der Waals surface area contributed by atoms with Crippen molar-refractivity contribution >= 4 is 15.8 Å². The van der Waals surface area contributed by atoms with E-state index in [2.05, 4.69) is 15.3 Å². The number of sulfone groups is 1. The lowest BCUT2D eigenvalue weighted by Gasteiger charge is -2.39. The third-order valence-corrected chi connectivity index (χ3v) is 7.94. The molecule has 1 aliphatic carbocycles. The van der Waals surface area contributed by atoms with Crippen LogP contribution in [0.15, 0.2) is 23.1 Å².